The molecule has 130 valence electrons. The zero-order valence-electron chi connectivity index (χ0n) is 14.5. The molecule has 1 amide bonds. The predicted molar refractivity (Wildman–Crippen MR) is 95.9 cm³/mol. The minimum absolute atomic E-state index is 0.101. The Morgan fingerprint density at radius 2 is 2.00 bits per heavy atom. The first kappa shape index (κ1) is 16.8. The Labute approximate surface area is 146 Å². The van der Waals surface area contributed by atoms with Crippen molar-refractivity contribution in [3.05, 3.63) is 53.9 Å². The minimum Gasteiger partial charge on any atom is -0.497 e. The lowest BCUT2D eigenvalue weighted by Gasteiger charge is -2.13. The number of hydrogen-bond donors (Lipinski definition) is 2. The average molecular weight is 339 g/mol. The molecule has 1 atom stereocenters. The van der Waals surface area contributed by atoms with Crippen LogP contribution in [0.4, 0.5) is 0 Å². The fourth-order valence-corrected chi connectivity index (χ4v) is 2.71. The van der Waals surface area contributed by atoms with E-state index in [1.165, 1.54) is 0 Å². The number of imidazole rings is 1. The fourth-order valence-electron chi connectivity index (χ4n) is 2.71. The van der Waals surface area contributed by atoms with E-state index >= 15 is 0 Å². The largest absolute Gasteiger partial charge is 0.497 e. The highest BCUT2D eigenvalue weighted by molar-refractivity contribution is 5.80. The van der Waals surface area contributed by atoms with Gasteiger partial charge in [-0.05, 0) is 25.1 Å². The van der Waals surface area contributed by atoms with Crippen LogP contribution < -0.4 is 14.8 Å². The molecule has 3 rings (SSSR count). The van der Waals surface area contributed by atoms with Gasteiger partial charge >= 0.3 is 0 Å². The Kier molecular flexibility index (Phi) is 4.88. The van der Waals surface area contributed by atoms with Gasteiger partial charge in [-0.15, -0.1) is 0 Å². The molecule has 0 spiro atoms. The molecule has 2 aromatic carbocycles. The summed E-state index contributed by atoms with van der Waals surface area (Å²) in [5, 5.41) is 2.97. The van der Waals surface area contributed by atoms with Crippen molar-refractivity contribution in [1.82, 2.24) is 15.3 Å². The molecule has 6 nitrogen and oxygen atoms in total. The van der Waals surface area contributed by atoms with Crippen molar-refractivity contribution in [1.29, 1.82) is 0 Å². The van der Waals surface area contributed by atoms with Gasteiger partial charge in [-0.3, -0.25) is 4.79 Å². The standard InChI is InChI=1S/C19H21N3O3/c1-12(19-21-15-6-4-5-7-16(15)22-19)20-18(23)10-13-8-9-14(24-2)11-17(13)25-3/h4-9,11-12H,10H2,1-3H3,(H,20,23)(H,21,22). The number of hydrogen-bond acceptors (Lipinski definition) is 4. The Bertz CT molecular complexity index is 856. The topological polar surface area (TPSA) is 76.2 Å². The summed E-state index contributed by atoms with van der Waals surface area (Å²) < 4.78 is 10.5. The quantitative estimate of drug-likeness (QED) is 0.724. The normalized spacial score (nSPS) is 12.0. The van der Waals surface area contributed by atoms with Crippen LogP contribution in [0.25, 0.3) is 11.0 Å². The molecule has 0 fully saturated rings. The fraction of sp³-hybridized carbons (Fsp3) is 0.263. The molecular formula is C19H21N3O3. The third-order valence-corrected chi connectivity index (χ3v) is 4.04. The maximum Gasteiger partial charge on any atom is 0.225 e. The molecule has 2 N–H and O–H groups in total. The molecule has 0 aliphatic rings. The number of rotatable bonds is 6. The number of H-pyrrole nitrogens is 1. The van der Waals surface area contributed by atoms with Crippen molar-refractivity contribution in [2.24, 2.45) is 0 Å². The van der Waals surface area contributed by atoms with Crippen molar-refractivity contribution < 1.29 is 14.3 Å². The van der Waals surface area contributed by atoms with Crippen LogP contribution in [0.2, 0.25) is 0 Å². The van der Waals surface area contributed by atoms with Crippen LogP contribution >= 0.6 is 0 Å². The highest BCUT2D eigenvalue weighted by atomic mass is 16.5. The lowest BCUT2D eigenvalue weighted by atomic mass is 10.1. The number of nitrogens with zero attached hydrogens (tertiary/aromatic N) is 1. The number of carbonyl (C=O) groups excluding carboxylic acids is 1. The predicted octanol–water partition coefficient (Wildman–Crippen LogP) is 3.00. The first-order valence-corrected chi connectivity index (χ1v) is 8.05. The molecule has 1 aromatic heterocycles. The van der Waals surface area contributed by atoms with E-state index in [9.17, 15) is 4.79 Å². The van der Waals surface area contributed by atoms with E-state index in [4.69, 9.17) is 9.47 Å². The average Bonchev–Trinajstić information content (AvgIpc) is 3.06. The summed E-state index contributed by atoms with van der Waals surface area (Å²) >= 11 is 0. The monoisotopic (exact) mass is 339 g/mol. The number of carbonyl (C=O) groups is 1. The van der Waals surface area contributed by atoms with E-state index in [0.717, 1.165) is 22.4 Å². The Balaban J connectivity index is 1.69. The molecule has 1 unspecified atom stereocenters. The van der Waals surface area contributed by atoms with E-state index in [1.807, 2.05) is 43.3 Å². The maximum absolute atomic E-state index is 12.4. The highest BCUT2D eigenvalue weighted by Gasteiger charge is 2.15. The summed E-state index contributed by atoms with van der Waals surface area (Å²) in [7, 11) is 3.17. The number of ether oxygens (including phenoxy) is 2. The van der Waals surface area contributed by atoms with Crippen molar-refractivity contribution in [2.75, 3.05) is 14.2 Å². The second kappa shape index (κ2) is 7.25. The lowest BCUT2D eigenvalue weighted by Crippen LogP contribution is -2.28. The highest BCUT2D eigenvalue weighted by Crippen LogP contribution is 2.25. The number of nitrogens with one attached hydrogen (secondary N) is 2. The van der Waals surface area contributed by atoms with Crippen molar-refractivity contribution in [3.63, 3.8) is 0 Å². The van der Waals surface area contributed by atoms with Gasteiger partial charge in [0.15, 0.2) is 0 Å². The van der Waals surface area contributed by atoms with Gasteiger partial charge in [0.2, 0.25) is 5.91 Å². The number of benzene rings is 2. The number of amides is 1. The summed E-state index contributed by atoms with van der Waals surface area (Å²) in [6.45, 7) is 1.90. The van der Waals surface area contributed by atoms with Gasteiger partial charge in [0.05, 0.1) is 37.7 Å². The molecule has 0 radical (unpaired) electrons. The third-order valence-electron chi connectivity index (χ3n) is 4.04. The summed E-state index contributed by atoms with van der Waals surface area (Å²) in [6, 6.07) is 13.0. The first-order chi connectivity index (χ1) is 12.1. The number of aromatic nitrogens is 2. The van der Waals surface area contributed by atoms with Crippen LogP contribution in [0.5, 0.6) is 11.5 Å². The molecule has 0 saturated carbocycles. The van der Waals surface area contributed by atoms with Crippen molar-refractivity contribution in [2.45, 2.75) is 19.4 Å². The van der Waals surface area contributed by atoms with Gasteiger partial charge in [0.1, 0.15) is 17.3 Å². The molecule has 6 heteroatoms. The van der Waals surface area contributed by atoms with Gasteiger partial charge in [-0.1, -0.05) is 18.2 Å². The summed E-state index contributed by atoms with van der Waals surface area (Å²) in [6.07, 6.45) is 0.220. The molecule has 0 bridgehead atoms. The van der Waals surface area contributed by atoms with Crippen LogP contribution in [0.3, 0.4) is 0 Å². The molecular weight excluding hydrogens is 318 g/mol. The molecule has 0 aliphatic carbocycles. The molecule has 3 aromatic rings. The van der Waals surface area contributed by atoms with Crippen molar-refractivity contribution in [3.8, 4) is 11.5 Å². The molecule has 0 saturated heterocycles. The molecule has 25 heavy (non-hydrogen) atoms. The van der Waals surface area contributed by atoms with Gasteiger partial charge < -0.3 is 19.8 Å². The smallest absolute Gasteiger partial charge is 0.225 e. The van der Waals surface area contributed by atoms with Gasteiger partial charge in [0.25, 0.3) is 0 Å². The second-order valence-electron chi connectivity index (χ2n) is 5.78. The summed E-state index contributed by atoms with van der Waals surface area (Å²) in [5.41, 5.74) is 2.64. The van der Waals surface area contributed by atoms with Crippen LogP contribution in [0.1, 0.15) is 24.4 Å². The number of methoxy groups -OCH3 is 2. The van der Waals surface area contributed by atoms with Gasteiger partial charge in [0, 0.05) is 11.6 Å². The number of fused-ring (bicyclic) bond motifs is 1. The Morgan fingerprint density at radius 3 is 2.72 bits per heavy atom. The first-order valence-electron chi connectivity index (χ1n) is 8.05. The van der Waals surface area contributed by atoms with Crippen LogP contribution in [-0.2, 0) is 11.2 Å². The van der Waals surface area contributed by atoms with E-state index in [0.29, 0.717) is 11.5 Å². The zero-order chi connectivity index (χ0) is 17.8. The van der Waals surface area contributed by atoms with E-state index < -0.39 is 0 Å². The third kappa shape index (κ3) is 3.74. The Hall–Kier alpha value is -3.02. The Morgan fingerprint density at radius 1 is 1.20 bits per heavy atom. The second-order valence-corrected chi connectivity index (χ2v) is 5.78. The van der Waals surface area contributed by atoms with E-state index in [1.54, 1.807) is 20.3 Å². The minimum atomic E-state index is -0.218. The van der Waals surface area contributed by atoms with E-state index in [2.05, 4.69) is 15.3 Å². The van der Waals surface area contributed by atoms with Gasteiger partial charge in [-0.25, -0.2) is 4.98 Å². The van der Waals surface area contributed by atoms with E-state index in [-0.39, 0.29) is 18.4 Å². The molecule has 0 aliphatic heterocycles. The molecule has 1 heterocycles. The maximum atomic E-state index is 12.4. The van der Waals surface area contributed by atoms with Crippen LogP contribution in [0, 0.1) is 0 Å². The van der Waals surface area contributed by atoms with Crippen molar-refractivity contribution >= 4 is 16.9 Å². The summed E-state index contributed by atoms with van der Waals surface area (Å²) in [4.78, 5) is 20.1. The SMILES string of the molecule is COc1ccc(CC(=O)NC(C)c2nc3ccccc3[nH]2)c(OC)c1. The summed E-state index contributed by atoms with van der Waals surface area (Å²) in [5.74, 6) is 1.95. The van der Waals surface area contributed by atoms with Crippen LogP contribution in [-0.4, -0.2) is 30.1 Å². The zero-order valence-corrected chi connectivity index (χ0v) is 14.5. The number of aromatic amines is 1. The lowest BCUT2D eigenvalue weighted by molar-refractivity contribution is -0.121. The number of para-hydroxylation sites is 2. The van der Waals surface area contributed by atoms with Gasteiger partial charge in [-0.2, -0.15) is 0 Å². The van der Waals surface area contributed by atoms with Crippen LogP contribution in [0.15, 0.2) is 42.5 Å².